The number of carboxylic acids is 1. The maximum Gasteiger partial charge on any atom is 0.335 e. The van der Waals surface area contributed by atoms with E-state index in [1.165, 1.54) is 29.2 Å². The number of carbonyl (C=O) groups is 2. The van der Waals surface area contributed by atoms with Gasteiger partial charge in [0, 0.05) is 19.2 Å². The average molecular weight is 370 g/mol. The van der Waals surface area contributed by atoms with Crippen molar-refractivity contribution in [3.63, 3.8) is 0 Å². The van der Waals surface area contributed by atoms with Crippen LogP contribution in [-0.4, -0.2) is 40.0 Å². The first-order valence-electron chi connectivity index (χ1n) is 8.46. The van der Waals surface area contributed by atoms with Crippen LogP contribution in [0.4, 0.5) is 5.69 Å². The van der Waals surface area contributed by atoms with Crippen molar-refractivity contribution in [1.82, 2.24) is 4.90 Å². The third-order valence-corrected chi connectivity index (χ3v) is 4.46. The number of benzene rings is 2. The summed E-state index contributed by atoms with van der Waals surface area (Å²) >= 11 is 0. The van der Waals surface area contributed by atoms with Crippen molar-refractivity contribution >= 4 is 17.6 Å². The number of nitrogens with zero attached hydrogens (tertiary/aromatic N) is 2. The number of amides is 1. The number of nitro benzene ring substituents is 1. The first-order chi connectivity index (χ1) is 12.9. The highest BCUT2D eigenvalue weighted by atomic mass is 16.6. The van der Waals surface area contributed by atoms with Crippen LogP contribution in [0.2, 0.25) is 0 Å². The van der Waals surface area contributed by atoms with Gasteiger partial charge in [0.1, 0.15) is 11.3 Å². The summed E-state index contributed by atoms with van der Waals surface area (Å²) < 4.78 is 5.36. The lowest BCUT2D eigenvalue weighted by molar-refractivity contribution is -0.385. The molecule has 0 fully saturated rings. The number of aromatic carboxylic acids is 1. The minimum Gasteiger partial charge on any atom is -0.494 e. The number of carbonyl (C=O) groups excluding carboxylic acids is 1. The van der Waals surface area contributed by atoms with Crippen LogP contribution in [0, 0.1) is 10.1 Å². The van der Waals surface area contributed by atoms with E-state index in [1.807, 2.05) is 0 Å². The molecule has 0 saturated heterocycles. The second-order valence-corrected chi connectivity index (χ2v) is 6.13. The molecule has 1 aliphatic heterocycles. The van der Waals surface area contributed by atoms with Gasteiger partial charge in [-0.2, -0.15) is 0 Å². The molecular weight excluding hydrogens is 352 g/mol. The van der Waals surface area contributed by atoms with Crippen LogP contribution in [0.25, 0.3) is 0 Å². The van der Waals surface area contributed by atoms with Crippen molar-refractivity contribution in [2.45, 2.75) is 19.9 Å². The Labute approximate surface area is 155 Å². The molecule has 0 atom stereocenters. The number of rotatable bonds is 5. The molecule has 0 aromatic heterocycles. The average Bonchev–Trinajstić information content (AvgIpc) is 2.66. The molecule has 0 unspecified atom stereocenters. The predicted octanol–water partition coefficient (Wildman–Crippen LogP) is 2.89. The smallest absolute Gasteiger partial charge is 0.335 e. The maximum absolute atomic E-state index is 13.0. The van der Waals surface area contributed by atoms with Crippen LogP contribution in [0.5, 0.6) is 5.75 Å². The fourth-order valence-corrected chi connectivity index (χ4v) is 3.14. The second-order valence-electron chi connectivity index (χ2n) is 6.13. The molecule has 0 saturated carbocycles. The van der Waals surface area contributed by atoms with Gasteiger partial charge >= 0.3 is 5.97 Å². The molecule has 0 aliphatic carbocycles. The van der Waals surface area contributed by atoms with Crippen LogP contribution >= 0.6 is 0 Å². The van der Waals surface area contributed by atoms with Crippen molar-refractivity contribution in [1.29, 1.82) is 0 Å². The van der Waals surface area contributed by atoms with E-state index >= 15 is 0 Å². The molecule has 140 valence electrons. The van der Waals surface area contributed by atoms with Gasteiger partial charge in [0.05, 0.1) is 17.1 Å². The quantitative estimate of drug-likeness (QED) is 0.640. The van der Waals surface area contributed by atoms with Gasteiger partial charge in [-0.3, -0.25) is 14.9 Å². The van der Waals surface area contributed by atoms with E-state index in [0.717, 1.165) is 11.1 Å². The van der Waals surface area contributed by atoms with Gasteiger partial charge in [-0.15, -0.1) is 0 Å². The van der Waals surface area contributed by atoms with E-state index in [9.17, 15) is 19.7 Å². The Hall–Kier alpha value is -3.42. The molecule has 1 heterocycles. The normalized spacial score (nSPS) is 13.0. The van der Waals surface area contributed by atoms with Crippen LogP contribution < -0.4 is 4.74 Å². The first kappa shape index (κ1) is 18.4. The Kier molecular flexibility index (Phi) is 5.07. The van der Waals surface area contributed by atoms with E-state index in [2.05, 4.69) is 0 Å². The Morgan fingerprint density at radius 2 is 2.00 bits per heavy atom. The van der Waals surface area contributed by atoms with Gasteiger partial charge < -0.3 is 14.7 Å². The molecular formula is C19H18N2O6. The highest BCUT2D eigenvalue weighted by Crippen LogP contribution is 2.28. The summed E-state index contributed by atoms with van der Waals surface area (Å²) in [5, 5.41) is 20.5. The molecule has 2 aromatic rings. The Balaban J connectivity index is 1.92. The van der Waals surface area contributed by atoms with Gasteiger partial charge in [0.2, 0.25) is 0 Å². The lowest BCUT2D eigenvalue weighted by Crippen LogP contribution is -2.36. The zero-order chi connectivity index (χ0) is 19.6. The molecule has 0 bridgehead atoms. The van der Waals surface area contributed by atoms with E-state index in [4.69, 9.17) is 9.84 Å². The van der Waals surface area contributed by atoms with Crippen LogP contribution in [0.1, 0.15) is 38.8 Å². The number of fused-ring (bicyclic) bond motifs is 1. The van der Waals surface area contributed by atoms with Crippen molar-refractivity contribution in [2.75, 3.05) is 13.2 Å². The van der Waals surface area contributed by atoms with Crippen molar-refractivity contribution in [3.8, 4) is 5.75 Å². The van der Waals surface area contributed by atoms with Gasteiger partial charge in [0.25, 0.3) is 11.6 Å². The number of carboxylic acid groups (broad SMARTS) is 1. The summed E-state index contributed by atoms with van der Waals surface area (Å²) in [6.45, 7) is 2.75. The minimum atomic E-state index is -1.04. The molecule has 0 radical (unpaired) electrons. The molecule has 8 nitrogen and oxygen atoms in total. The monoisotopic (exact) mass is 370 g/mol. The Morgan fingerprint density at radius 3 is 2.67 bits per heavy atom. The zero-order valence-corrected chi connectivity index (χ0v) is 14.7. The van der Waals surface area contributed by atoms with E-state index in [-0.39, 0.29) is 23.4 Å². The molecule has 2 aromatic carbocycles. The minimum absolute atomic E-state index is 0.0382. The molecule has 1 aliphatic rings. The van der Waals surface area contributed by atoms with Crippen LogP contribution in [-0.2, 0) is 13.0 Å². The maximum atomic E-state index is 13.0. The largest absolute Gasteiger partial charge is 0.494 e. The molecule has 0 spiro atoms. The van der Waals surface area contributed by atoms with Gasteiger partial charge in [-0.25, -0.2) is 4.79 Å². The standard InChI is InChI=1S/C19H18N2O6/c1-2-27-15-5-6-17(21(25)26)16(10-15)18(22)20-8-7-12-3-4-13(19(23)24)9-14(12)11-20/h3-6,9-10H,2,7-8,11H2,1H3,(H,23,24). The van der Waals surface area contributed by atoms with Gasteiger partial charge in [0.15, 0.2) is 0 Å². The third kappa shape index (κ3) is 3.74. The lowest BCUT2D eigenvalue weighted by atomic mass is 9.96. The summed E-state index contributed by atoms with van der Waals surface area (Å²) in [6.07, 6.45) is 0.555. The molecule has 27 heavy (non-hydrogen) atoms. The number of hydrogen-bond acceptors (Lipinski definition) is 5. The molecule has 8 heteroatoms. The number of ether oxygens (including phenoxy) is 1. The van der Waals surface area contributed by atoms with Gasteiger partial charge in [-0.1, -0.05) is 6.07 Å². The SMILES string of the molecule is CCOc1ccc([N+](=O)[O-])c(C(=O)N2CCc3ccc(C(=O)O)cc3C2)c1. The Bertz CT molecular complexity index is 924. The Morgan fingerprint density at radius 1 is 1.22 bits per heavy atom. The van der Waals surface area contributed by atoms with E-state index < -0.39 is 16.8 Å². The van der Waals surface area contributed by atoms with E-state index in [1.54, 1.807) is 19.1 Å². The van der Waals surface area contributed by atoms with E-state index in [0.29, 0.717) is 25.3 Å². The summed E-state index contributed by atoms with van der Waals surface area (Å²) in [4.78, 5) is 36.4. The molecule has 1 N–H and O–H groups in total. The first-order valence-corrected chi connectivity index (χ1v) is 8.46. The fraction of sp³-hybridized carbons (Fsp3) is 0.263. The van der Waals surface area contributed by atoms with Crippen molar-refractivity contribution in [3.05, 3.63) is 68.8 Å². The van der Waals surface area contributed by atoms with Gasteiger partial charge in [-0.05, 0) is 48.7 Å². The summed E-state index contributed by atoms with van der Waals surface area (Å²) in [5.41, 5.74) is 1.53. The second kappa shape index (κ2) is 7.45. The molecule has 3 rings (SSSR count). The third-order valence-electron chi connectivity index (χ3n) is 4.46. The van der Waals surface area contributed by atoms with Crippen LogP contribution in [0.15, 0.2) is 36.4 Å². The summed E-state index contributed by atoms with van der Waals surface area (Å²) in [5.74, 6) is -1.13. The fourth-order valence-electron chi connectivity index (χ4n) is 3.14. The zero-order valence-electron chi connectivity index (χ0n) is 14.7. The van der Waals surface area contributed by atoms with Crippen molar-refractivity contribution in [2.24, 2.45) is 0 Å². The lowest BCUT2D eigenvalue weighted by Gasteiger charge is -2.29. The summed E-state index contributed by atoms with van der Waals surface area (Å²) in [7, 11) is 0. The predicted molar refractivity (Wildman–Crippen MR) is 96.1 cm³/mol. The topological polar surface area (TPSA) is 110 Å². The number of nitro groups is 1. The molecule has 1 amide bonds. The highest BCUT2D eigenvalue weighted by Gasteiger charge is 2.28. The highest BCUT2D eigenvalue weighted by molar-refractivity contribution is 5.98. The number of hydrogen-bond donors (Lipinski definition) is 1. The van der Waals surface area contributed by atoms with Crippen LogP contribution in [0.3, 0.4) is 0 Å². The summed E-state index contributed by atoms with van der Waals surface area (Å²) in [6, 6.07) is 8.94. The van der Waals surface area contributed by atoms with Crippen molar-refractivity contribution < 1.29 is 24.4 Å².